The lowest BCUT2D eigenvalue weighted by Crippen LogP contribution is -2.45. The Hall–Kier alpha value is -2.08. The van der Waals surface area contributed by atoms with Gasteiger partial charge in [0.15, 0.2) is 5.96 Å². The second kappa shape index (κ2) is 11.3. The molecule has 0 radical (unpaired) electrons. The first-order valence-corrected chi connectivity index (χ1v) is 11.6. The molecule has 1 heterocycles. The summed E-state index contributed by atoms with van der Waals surface area (Å²) in [6, 6.07) is 10.9. The van der Waals surface area contributed by atoms with Crippen molar-refractivity contribution in [2.45, 2.75) is 56.8 Å². The van der Waals surface area contributed by atoms with Crippen LogP contribution < -0.4 is 16.4 Å². The van der Waals surface area contributed by atoms with Crippen molar-refractivity contribution in [3.05, 3.63) is 35.9 Å². The number of nitrogens with zero attached hydrogens (tertiary/aromatic N) is 2. The third kappa shape index (κ3) is 6.21. The summed E-state index contributed by atoms with van der Waals surface area (Å²) >= 11 is 0. The van der Waals surface area contributed by atoms with Crippen molar-refractivity contribution in [1.82, 2.24) is 15.5 Å². The molecule has 0 aromatic heterocycles. The lowest BCUT2D eigenvalue weighted by molar-refractivity contribution is -0.123. The van der Waals surface area contributed by atoms with Crippen LogP contribution in [0.4, 0.5) is 0 Å². The second-order valence-corrected chi connectivity index (χ2v) is 8.93. The van der Waals surface area contributed by atoms with E-state index in [0.717, 1.165) is 64.4 Å². The molecule has 1 aromatic rings. The van der Waals surface area contributed by atoms with Crippen LogP contribution in [0, 0.1) is 5.92 Å². The van der Waals surface area contributed by atoms with E-state index in [1.807, 2.05) is 7.05 Å². The highest BCUT2D eigenvalue weighted by atomic mass is 16.1. The van der Waals surface area contributed by atoms with E-state index in [-0.39, 0.29) is 17.2 Å². The van der Waals surface area contributed by atoms with Gasteiger partial charge in [-0.05, 0) is 63.7 Å². The van der Waals surface area contributed by atoms with Gasteiger partial charge in [-0.25, -0.2) is 0 Å². The molecule has 2 fully saturated rings. The summed E-state index contributed by atoms with van der Waals surface area (Å²) in [5.41, 5.74) is 7.10. The van der Waals surface area contributed by atoms with E-state index in [1.54, 1.807) is 0 Å². The van der Waals surface area contributed by atoms with Crippen molar-refractivity contribution in [2.24, 2.45) is 16.6 Å². The zero-order chi connectivity index (χ0) is 21.2. The van der Waals surface area contributed by atoms with Gasteiger partial charge in [-0.1, -0.05) is 43.2 Å². The van der Waals surface area contributed by atoms with E-state index in [0.29, 0.717) is 0 Å². The predicted molar refractivity (Wildman–Crippen MR) is 124 cm³/mol. The minimum atomic E-state index is -0.135. The van der Waals surface area contributed by atoms with Crippen LogP contribution in [0.15, 0.2) is 35.3 Å². The van der Waals surface area contributed by atoms with Gasteiger partial charge in [0.1, 0.15) is 0 Å². The minimum Gasteiger partial charge on any atom is -0.369 e. The van der Waals surface area contributed by atoms with Crippen LogP contribution in [-0.4, -0.2) is 56.5 Å². The average Bonchev–Trinajstić information content (AvgIpc) is 3.27. The van der Waals surface area contributed by atoms with E-state index in [1.165, 1.54) is 31.2 Å². The molecular formula is C24H39N5O. The summed E-state index contributed by atoms with van der Waals surface area (Å²) in [5.74, 6) is 0.847. The Morgan fingerprint density at radius 2 is 1.83 bits per heavy atom. The number of nitrogens with two attached hydrogens (primary N) is 1. The zero-order valence-corrected chi connectivity index (χ0v) is 18.5. The first-order valence-electron chi connectivity index (χ1n) is 11.6. The fraction of sp³-hybridized carbons (Fsp3) is 0.667. The molecule has 6 nitrogen and oxygen atoms in total. The monoisotopic (exact) mass is 413 g/mol. The average molecular weight is 414 g/mol. The van der Waals surface area contributed by atoms with Crippen LogP contribution in [0.2, 0.25) is 0 Å². The molecule has 4 N–H and O–H groups in total. The fourth-order valence-corrected chi connectivity index (χ4v) is 4.99. The van der Waals surface area contributed by atoms with Crippen LogP contribution in [-0.2, 0) is 10.2 Å². The zero-order valence-electron chi connectivity index (χ0n) is 18.5. The smallest absolute Gasteiger partial charge is 0.220 e. The molecule has 3 rings (SSSR count). The molecular weight excluding hydrogens is 374 g/mol. The number of unbranched alkanes of at least 4 members (excludes halogenated alkanes) is 1. The number of nitrogens with one attached hydrogen (secondary N) is 2. The molecule has 30 heavy (non-hydrogen) atoms. The van der Waals surface area contributed by atoms with Crippen LogP contribution in [0.5, 0.6) is 0 Å². The summed E-state index contributed by atoms with van der Waals surface area (Å²) in [5, 5.41) is 7.07. The van der Waals surface area contributed by atoms with E-state index < -0.39 is 0 Å². The molecule has 1 aromatic carbocycles. The SMILES string of the molecule is CN=C(NCCCCN1CCC(C(N)=O)CC1)NCC1(c2ccccc2)CCCC1. The quantitative estimate of drug-likeness (QED) is 0.330. The van der Waals surface area contributed by atoms with Crippen molar-refractivity contribution in [3.8, 4) is 0 Å². The van der Waals surface area contributed by atoms with Crippen LogP contribution >= 0.6 is 0 Å². The van der Waals surface area contributed by atoms with Gasteiger partial charge in [0.25, 0.3) is 0 Å². The van der Waals surface area contributed by atoms with Crippen LogP contribution in [0.25, 0.3) is 0 Å². The fourth-order valence-electron chi connectivity index (χ4n) is 4.99. The third-order valence-corrected chi connectivity index (χ3v) is 6.95. The van der Waals surface area contributed by atoms with Crippen molar-refractivity contribution < 1.29 is 4.79 Å². The van der Waals surface area contributed by atoms with E-state index >= 15 is 0 Å². The molecule has 1 saturated carbocycles. The molecule has 1 aliphatic heterocycles. The number of rotatable bonds is 9. The largest absolute Gasteiger partial charge is 0.369 e. The van der Waals surface area contributed by atoms with Gasteiger partial charge in [0, 0.05) is 31.5 Å². The standard InChI is InChI=1S/C24H39N5O/c1-26-23(27-15-7-8-16-29-17-11-20(12-18-29)22(25)30)28-19-24(13-5-6-14-24)21-9-3-2-4-10-21/h2-4,9-10,20H,5-8,11-19H2,1H3,(H2,25,30)(H2,26,27,28). The summed E-state index contributed by atoms with van der Waals surface area (Å²) < 4.78 is 0. The molecule has 1 saturated heterocycles. The van der Waals surface area contributed by atoms with Gasteiger partial charge in [-0.15, -0.1) is 0 Å². The Kier molecular flexibility index (Phi) is 8.55. The summed E-state index contributed by atoms with van der Waals surface area (Å²) in [7, 11) is 1.85. The number of likely N-dealkylation sites (tertiary alicyclic amines) is 1. The van der Waals surface area contributed by atoms with Crippen molar-refractivity contribution in [3.63, 3.8) is 0 Å². The van der Waals surface area contributed by atoms with Gasteiger partial charge in [-0.2, -0.15) is 0 Å². The first-order chi connectivity index (χ1) is 14.6. The maximum atomic E-state index is 11.3. The topological polar surface area (TPSA) is 82.8 Å². The summed E-state index contributed by atoms with van der Waals surface area (Å²) in [4.78, 5) is 18.1. The number of guanidine groups is 1. The van der Waals surface area contributed by atoms with E-state index in [9.17, 15) is 4.79 Å². The van der Waals surface area contributed by atoms with Gasteiger partial charge in [0.05, 0.1) is 0 Å². The summed E-state index contributed by atoms with van der Waals surface area (Å²) in [6.45, 7) is 4.94. The number of piperidine rings is 1. The van der Waals surface area contributed by atoms with Gasteiger partial charge in [-0.3, -0.25) is 9.79 Å². The number of primary amides is 1. The molecule has 166 valence electrons. The highest BCUT2D eigenvalue weighted by Gasteiger charge is 2.35. The Morgan fingerprint density at radius 3 is 2.47 bits per heavy atom. The van der Waals surface area contributed by atoms with Crippen LogP contribution in [0.3, 0.4) is 0 Å². The van der Waals surface area contributed by atoms with E-state index in [2.05, 4.69) is 50.9 Å². The number of amides is 1. The molecule has 0 spiro atoms. The Balaban J connectivity index is 1.35. The Bertz CT molecular complexity index is 676. The van der Waals surface area contributed by atoms with Gasteiger partial charge >= 0.3 is 0 Å². The lowest BCUT2D eigenvalue weighted by Gasteiger charge is -2.31. The lowest BCUT2D eigenvalue weighted by atomic mass is 9.79. The molecule has 1 amide bonds. The van der Waals surface area contributed by atoms with Gasteiger partial charge < -0.3 is 21.3 Å². The number of carbonyl (C=O) groups excluding carboxylic acids is 1. The number of aliphatic imine (C=N–C) groups is 1. The normalized spacial score (nSPS) is 20.2. The molecule has 0 unspecified atom stereocenters. The number of benzene rings is 1. The molecule has 1 aliphatic carbocycles. The van der Waals surface area contributed by atoms with Crippen LogP contribution in [0.1, 0.15) is 56.9 Å². The van der Waals surface area contributed by atoms with Crippen molar-refractivity contribution >= 4 is 11.9 Å². The highest BCUT2D eigenvalue weighted by Crippen LogP contribution is 2.40. The van der Waals surface area contributed by atoms with Crippen molar-refractivity contribution in [1.29, 1.82) is 0 Å². The molecule has 0 atom stereocenters. The molecule has 6 heteroatoms. The minimum absolute atomic E-state index is 0.0800. The molecule has 0 bridgehead atoms. The predicted octanol–water partition coefficient (Wildman–Crippen LogP) is 2.64. The summed E-state index contributed by atoms with van der Waals surface area (Å²) in [6.07, 6.45) is 9.18. The Morgan fingerprint density at radius 1 is 1.13 bits per heavy atom. The number of carbonyl (C=O) groups is 1. The van der Waals surface area contributed by atoms with Gasteiger partial charge in [0.2, 0.25) is 5.91 Å². The van der Waals surface area contributed by atoms with E-state index in [4.69, 9.17) is 5.73 Å². The maximum absolute atomic E-state index is 11.3. The maximum Gasteiger partial charge on any atom is 0.220 e. The number of hydrogen-bond acceptors (Lipinski definition) is 3. The third-order valence-electron chi connectivity index (χ3n) is 6.95. The second-order valence-electron chi connectivity index (χ2n) is 8.93. The highest BCUT2D eigenvalue weighted by molar-refractivity contribution is 5.79. The van der Waals surface area contributed by atoms with Crippen molar-refractivity contribution in [2.75, 3.05) is 39.8 Å². The molecule has 2 aliphatic rings. The number of hydrogen-bond donors (Lipinski definition) is 3. The first kappa shape index (κ1) is 22.6. The Labute approximate surface area is 181 Å².